The molecule has 1 aliphatic heterocycles. The lowest BCUT2D eigenvalue weighted by Crippen LogP contribution is -2.49. The number of pyridine rings is 1. The van der Waals surface area contributed by atoms with Gasteiger partial charge in [-0.2, -0.15) is 4.31 Å². The van der Waals surface area contributed by atoms with Crippen molar-refractivity contribution in [3.63, 3.8) is 0 Å². The smallest absolute Gasteiger partial charge is 0.410 e. The third-order valence-electron chi connectivity index (χ3n) is 4.62. The summed E-state index contributed by atoms with van der Waals surface area (Å²) in [6, 6.07) is 6.39. The molecular weight excluding hydrogens is 390 g/mol. The highest BCUT2D eigenvalue weighted by molar-refractivity contribution is 7.89. The molecule has 1 aromatic carbocycles. The number of hydrogen-bond acceptors (Lipinski definition) is 5. The van der Waals surface area contributed by atoms with Gasteiger partial charge < -0.3 is 9.64 Å². The van der Waals surface area contributed by atoms with Gasteiger partial charge in [-0.1, -0.05) is 18.2 Å². The van der Waals surface area contributed by atoms with Gasteiger partial charge in [0.15, 0.2) is 0 Å². The van der Waals surface area contributed by atoms with Gasteiger partial charge >= 0.3 is 6.09 Å². The minimum atomic E-state index is -3.74. The SMILES string of the molecule is CC1CN(C(=O)OC(C)(C)C)CC=CCN1S(=O)(=O)c1ccc2cnccc2c1. The maximum Gasteiger partial charge on any atom is 0.410 e. The summed E-state index contributed by atoms with van der Waals surface area (Å²) in [5.41, 5.74) is -0.613. The molecule has 1 aromatic heterocycles. The van der Waals surface area contributed by atoms with Crippen molar-refractivity contribution in [1.29, 1.82) is 0 Å². The van der Waals surface area contributed by atoms with Crippen LogP contribution in [0.1, 0.15) is 27.7 Å². The van der Waals surface area contributed by atoms with Crippen LogP contribution in [-0.4, -0.2) is 60.0 Å². The molecule has 0 spiro atoms. The van der Waals surface area contributed by atoms with Gasteiger partial charge in [-0.3, -0.25) is 4.98 Å². The molecule has 0 fully saturated rings. The van der Waals surface area contributed by atoms with E-state index in [0.717, 1.165) is 10.8 Å². The van der Waals surface area contributed by atoms with Crippen LogP contribution in [0.3, 0.4) is 0 Å². The highest BCUT2D eigenvalue weighted by Crippen LogP contribution is 2.24. The van der Waals surface area contributed by atoms with E-state index in [4.69, 9.17) is 4.74 Å². The number of carbonyl (C=O) groups excluding carboxylic acids is 1. The fraction of sp³-hybridized carbons (Fsp3) is 0.429. The van der Waals surface area contributed by atoms with Crippen LogP contribution in [0.2, 0.25) is 0 Å². The van der Waals surface area contributed by atoms with Crippen LogP contribution in [0.4, 0.5) is 4.79 Å². The molecule has 1 unspecified atom stereocenters. The highest BCUT2D eigenvalue weighted by atomic mass is 32.2. The second-order valence-corrected chi connectivity index (χ2v) is 10.1. The van der Waals surface area contributed by atoms with Gasteiger partial charge in [0.1, 0.15) is 5.60 Å². The quantitative estimate of drug-likeness (QED) is 0.700. The molecule has 8 heteroatoms. The lowest BCUT2D eigenvalue weighted by atomic mass is 10.2. The van der Waals surface area contributed by atoms with E-state index in [-0.39, 0.29) is 18.0 Å². The zero-order chi connectivity index (χ0) is 21.2. The van der Waals surface area contributed by atoms with E-state index < -0.39 is 27.8 Å². The number of rotatable bonds is 2. The fourth-order valence-corrected chi connectivity index (χ4v) is 4.82. The summed E-state index contributed by atoms with van der Waals surface area (Å²) in [6.45, 7) is 8.10. The predicted molar refractivity (Wildman–Crippen MR) is 112 cm³/mol. The van der Waals surface area contributed by atoms with E-state index in [2.05, 4.69) is 4.98 Å². The Labute approximate surface area is 172 Å². The molecule has 0 radical (unpaired) electrons. The first-order valence-electron chi connectivity index (χ1n) is 9.56. The Kier molecular flexibility index (Phi) is 5.95. The molecule has 1 atom stereocenters. The van der Waals surface area contributed by atoms with Crippen LogP contribution < -0.4 is 0 Å². The molecule has 0 bridgehead atoms. The van der Waals surface area contributed by atoms with Crippen LogP contribution in [0, 0.1) is 0 Å². The zero-order valence-electron chi connectivity index (χ0n) is 17.2. The zero-order valence-corrected chi connectivity index (χ0v) is 18.0. The van der Waals surface area contributed by atoms with Gasteiger partial charge in [0.2, 0.25) is 10.0 Å². The van der Waals surface area contributed by atoms with Crippen molar-refractivity contribution >= 4 is 26.9 Å². The van der Waals surface area contributed by atoms with Crippen LogP contribution in [-0.2, 0) is 14.8 Å². The van der Waals surface area contributed by atoms with Crippen LogP contribution in [0.5, 0.6) is 0 Å². The number of hydrogen-bond donors (Lipinski definition) is 0. The third-order valence-corrected chi connectivity index (χ3v) is 6.60. The first-order valence-corrected chi connectivity index (χ1v) is 11.0. The summed E-state index contributed by atoms with van der Waals surface area (Å²) in [5, 5.41) is 1.69. The Bertz CT molecular complexity index is 1030. The molecule has 3 rings (SSSR count). The van der Waals surface area contributed by atoms with Gasteiger partial charge in [-0.25, -0.2) is 13.2 Å². The van der Waals surface area contributed by atoms with Gasteiger partial charge in [0.05, 0.1) is 4.90 Å². The van der Waals surface area contributed by atoms with Crippen molar-refractivity contribution in [2.75, 3.05) is 19.6 Å². The van der Waals surface area contributed by atoms with Gasteiger partial charge in [0.25, 0.3) is 0 Å². The van der Waals surface area contributed by atoms with E-state index in [1.54, 1.807) is 76.5 Å². The summed E-state index contributed by atoms with van der Waals surface area (Å²) in [4.78, 5) is 18.3. The number of aromatic nitrogens is 1. The van der Waals surface area contributed by atoms with E-state index in [9.17, 15) is 13.2 Å². The molecule has 7 nitrogen and oxygen atoms in total. The average Bonchev–Trinajstić information content (AvgIpc) is 2.62. The minimum absolute atomic E-state index is 0.223. The summed E-state index contributed by atoms with van der Waals surface area (Å²) in [5.74, 6) is 0. The topological polar surface area (TPSA) is 79.8 Å². The van der Waals surface area contributed by atoms with Crippen LogP contribution >= 0.6 is 0 Å². The normalized spacial score (nSPS) is 19.0. The standard InChI is InChI=1S/C21H27N3O4S/c1-16-15-23(20(25)28-21(2,3)4)11-5-6-12-24(16)29(26,27)19-8-7-18-14-22-10-9-17(18)13-19/h5-10,13-14,16H,11-12,15H2,1-4H3. The Hall–Kier alpha value is -2.45. The number of benzene rings is 1. The maximum atomic E-state index is 13.4. The van der Waals surface area contributed by atoms with Crippen LogP contribution in [0.25, 0.3) is 10.8 Å². The third kappa shape index (κ3) is 4.94. The van der Waals surface area contributed by atoms with Crippen molar-refractivity contribution in [2.45, 2.75) is 44.2 Å². The molecule has 0 saturated carbocycles. The summed E-state index contributed by atoms with van der Waals surface area (Å²) in [6.07, 6.45) is 6.46. The lowest BCUT2D eigenvalue weighted by Gasteiger charge is -2.34. The molecule has 29 heavy (non-hydrogen) atoms. The van der Waals surface area contributed by atoms with E-state index in [0.29, 0.717) is 6.54 Å². The predicted octanol–water partition coefficient (Wildman–Crippen LogP) is 3.42. The van der Waals surface area contributed by atoms with Crippen molar-refractivity contribution < 1.29 is 17.9 Å². The van der Waals surface area contributed by atoms with Gasteiger partial charge in [0, 0.05) is 43.5 Å². The largest absolute Gasteiger partial charge is 0.444 e. The fourth-order valence-electron chi connectivity index (χ4n) is 3.21. The molecule has 2 aromatic rings. The number of nitrogens with zero attached hydrogens (tertiary/aromatic N) is 3. The van der Waals surface area contributed by atoms with Crippen LogP contribution in [0.15, 0.2) is 53.7 Å². The number of sulfonamides is 1. The number of fused-ring (bicyclic) bond motifs is 1. The van der Waals surface area contributed by atoms with E-state index in [1.165, 1.54) is 9.21 Å². The van der Waals surface area contributed by atoms with Crippen molar-refractivity contribution in [3.05, 3.63) is 48.8 Å². The van der Waals surface area contributed by atoms with Crippen molar-refractivity contribution in [1.82, 2.24) is 14.2 Å². The van der Waals surface area contributed by atoms with Crippen molar-refractivity contribution in [3.8, 4) is 0 Å². The molecular formula is C21H27N3O4S. The molecule has 1 amide bonds. The van der Waals surface area contributed by atoms with Crippen molar-refractivity contribution in [2.24, 2.45) is 0 Å². The average molecular weight is 418 g/mol. The number of carbonyl (C=O) groups is 1. The van der Waals surface area contributed by atoms with E-state index >= 15 is 0 Å². The summed E-state index contributed by atoms with van der Waals surface area (Å²) in [7, 11) is -3.74. The highest BCUT2D eigenvalue weighted by Gasteiger charge is 2.32. The summed E-state index contributed by atoms with van der Waals surface area (Å²) < 4.78 is 33.6. The Balaban J connectivity index is 1.87. The first kappa shape index (κ1) is 21.3. The molecule has 0 saturated heterocycles. The van der Waals surface area contributed by atoms with E-state index in [1.807, 2.05) is 0 Å². The Morgan fingerprint density at radius 3 is 2.59 bits per heavy atom. The first-order chi connectivity index (χ1) is 13.6. The Morgan fingerprint density at radius 1 is 1.14 bits per heavy atom. The summed E-state index contributed by atoms with van der Waals surface area (Å²) >= 11 is 0. The molecule has 0 aliphatic carbocycles. The molecule has 1 aliphatic rings. The van der Waals surface area contributed by atoms with Gasteiger partial charge in [-0.05, 0) is 51.3 Å². The molecule has 2 heterocycles. The number of ether oxygens (including phenoxy) is 1. The monoisotopic (exact) mass is 417 g/mol. The number of amides is 1. The second-order valence-electron chi connectivity index (χ2n) is 8.17. The minimum Gasteiger partial charge on any atom is -0.444 e. The molecule has 156 valence electrons. The molecule has 0 N–H and O–H groups in total. The Morgan fingerprint density at radius 2 is 1.86 bits per heavy atom. The van der Waals surface area contributed by atoms with Gasteiger partial charge in [-0.15, -0.1) is 0 Å². The second kappa shape index (κ2) is 8.12. The maximum absolute atomic E-state index is 13.4. The lowest BCUT2D eigenvalue weighted by molar-refractivity contribution is 0.0239.